The highest BCUT2D eigenvalue weighted by molar-refractivity contribution is 5.25. The molecule has 1 aromatic carbocycles. The SMILES string of the molecule is Cc1ccn(Cc2ccc(C(C)CNC3CC3)cc2)n1. The van der Waals surface area contributed by atoms with Crippen molar-refractivity contribution in [3.63, 3.8) is 0 Å². The van der Waals surface area contributed by atoms with Gasteiger partial charge in [-0.15, -0.1) is 0 Å². The monoisotopic (exact) mass is 269 g/mol. The van der Waals surface area contributed by atoms with Gasteiger partial charge in [0.05, 0.1) is 12.2 Å². The lowest BCUT2D eigenvalue weighted by atomic mass is 10.00. The minimum atomic E-state index is 0.580. The fourth-order valence-corrected chi connectivity index (χ4v) is 2.44. The Kier molecular flexibility index (Phi) is 3.88. The van der Waals surface area contributed by atoms with Crippen LogP contribution in [0.15, 0.2) is 36.5 Å². The minimum Gasteiger partial charge on any atom is -0.313 e. The molecule has 1 unspecified atom stereocenters. The Morgan fingerprint density at radius 2 is 2.00 bits per heavy atom. The summed E-state index contributed by atoms with van der Waals surface area (Å²) >= 11 is 0. The van der Waals surface area contributed by atoms with E-state index in [0.29, 0.717) is 5.92 Å². The van der Waals surface area contributed by atoms with Crippen LogP contribution in [-0.2, 0) is 6.54 Å². The van der Waals surface area contributed by atoms with E-state index in [0.717, 1.165) is 24.8 Å². The van der Waals surface area contributed by atoms with Gasteiger partial charge in [-0.2, -0.15) is 5.10 Å². The van der Waals surface area contributed by atoms with Crippen molar-refractivity contribution in [3.05, 3.63) is 53.3 Å². The van der Waals surface area contributed by atoms with Gasteiger partial charge in [0.2, 0.25) is 0 Å². The summed E-state index contributed by atoms with van der Waals surface area (Å²) < 4.78 is 1.99. The first kappa shape index (κ1) is 13.4. The zero-order valence-electron chi connectivity index (χ0n) is 12.3. The molecule has 1 saturated carbocycles. The first-order chi connectivity index (χ1) is 9.70. The van der Waals surface area contributed by atoms with Gasteiger partial charge in [0.25, 0.3) is 0 Å². The third-order valence-corrected chi connectivity index (χ3v) is 3.96. The third-order valence-electron chi connectivity index (χ3n) is 3.96. The largest absolute Gasteiger partial charge is 0.313 e. The first-order valence-electron chi connectivity index (χ1n) is 7.53. The molecule has 0 bridgehead atoms. The van der Waals surface area contributed by atoms with Gasteiger partial charge in [0.1, 0.15) is 0 Å². The lowest BCUT2D eigenvalue weighted by molar-refractivity contribution is 0.611. The van der Waals surface area contributed by atoms with Crippen LogP contribution < -0.4 is 5.32 Å². The predicted octanol–water partition coefficient (Wildman–Crippen LogP) is 3.10. The quantitative estimate of drug-likeness (QED) is 0.873. The number of benzene rings is 1. The first-order valence-corrected chi connectivity index (χ1v) is 7.53. The van der Waals surface area contributed by atoms with Gasteiger partial charge >= 0.3 is 0 Å². The second kappa shape index (κ2) is 5.80. The Morgan fingerprint density at radius 3 is 2.60 bits per heavy atom. The van der Waals surface area contributed by atoms with Crippen LogP contribution in [0.1, 0.15) is 42.5 Å². The molecule has 0 aliphatic heterocycles. The molecule has 1 aromatic heterocycles. The number of nitrogens with one attached hydrogen (secondary N) is 1. The van der Waals surface area contributed by atoms with Crippen LogP contribution in [0.3, 0.4) is 0 Å². The average Bonchev–Trinajstić information content (AvgIpc) is 3.20. The second-order valence-corrected chi connectivity index (χ2v) is 5.98. The molecule has 1 N–H and O–H groups in total. The molecule has 3 nitrogen and oxygen atoms in total. The average molecular weight is 269 g/mol. The zero-order valence-corrected chi connectivity index (χ0v) is 12.3. The molecule has 2 aromatic rings. The van der Waals surface area contributed by atoms with Crippen molar-refractivity contribution in [1.82, 2.24) is 15.1 Å². The minimum absolute atomic E-state index is 0.580. The Bertz CT molecular complexity index is 552. The Labute approximate surface area is 121 Å². The standard InChI is InChI=1S/C17H23N3/c1-13(11-18-17-7-8-17)16-5-3-15(4-6-16)12-20-10-9-14(2)19-20/h3-6,9-10,13,17-18H,7-8,11-12H2,1-2H3. The maximum absolute atomic E-state index is 4.43. The van der Waals surface area contributed by atoms with Crippen LogP contribution in [0.25, 0.3) is 0 Å². The highest BCUT2D eigenvalue weighted by atomic mass is 15.3. The van der Waals surface area contributed by atoms with Crippen LogP contribution in [0.2, 0.25) is 0 Å². The smallest absolute Gasteiger partial charge is 0.0659 e. The molecule has 0 radical (unpaired) electrons. The fraction of sp³-hybridized carbons (Fsp3) is 0.471. The summed E-state index contributed by atoms with van der Waals surface area (Å²) in [6.07, 6.45) is 4.75. The number of aromatic nitrogens is 2. The molecule has 0 saturated heterocycles. The normalized spacial score (nSPS) is 16.3. The maximum Gasteiger partial charge on any atom is 0.0659 e. The molecule has 0 amide bonds. The number of nitrogens with zero attached hydrogens (tertiary/aromatic N) is 2. The molecule has 20 heavy (non-hydrogen) atoms. The van der Waals surface area contributed by atoms with Crippen LogP contribution >= 0.6 is 0 Å². The van der Waals surface area contributed by atoms with Gasteiger partial charge < -0.3 is 5.32 Å². The van der Waals surface area contributed by atoms with Crippen molar-refractivity contribution < 1.29 is 0 Å². The van der Waals surface area contributed by atoms with E-state index in [4.69, 9.17) is 0 Å². The van der Waals surface area contributed by atoms with Crippen LogP contribution in [0.5, 0.6) is 0 Å². The van der Waals surface area contributed by atoms with Crippen LogP contribution in [0, 0.1) is 6.92 Å². The Hall–Kier alpha value is -1.61. The maximum atomic E-state index is 4.43. The number of hydrogen-bond acceptors (Lipinski definition) is 2. The molecule has 1 aliphatic carbocycles. The second-order valence-electron chi connectivity index (χ2n) is 5.98. The van der Waals surface area contributed by atoms with E-state index >= 15 is 0 Å². The van der Waals surface area contributed by atoms with Gasteiger partial charge in [-0.25, -0.2) is 0 Å². The summed E-state index contributed by atoms with van der Waals surface area (Å²) in [4.78, 5) is 0. The van der Waals surface area contributed by atoms with Gasteiger partial charge in [-0.3, -0.25) is 4.68 Å². The number of hydrogen-bond donors (Lipinski definition) is 1. The highest BCUT2D eigenvalue weighted by Crippen LogP contribution is 2.21. The molecule has 1 atom stereocenters. The number of aryl methyl sites for hydroxylation is 1. The molecule has 106 valence electrons. The molecular formula is C17H23N3. The Balaban J connectivity index is 1.58. The molecule has 1 heterocycles. The van der Waals surface area contributed by atoms with E-state index in [1.54, 1.807) is 0 Å². The molecule has 1 aliphatic rings. The van der Waals surface area contributed by atoms with Crippen molar-refractivity contribution in [2.45, 2.75) is 45.2 Å². The lowest BCUT2D eigenvalue weighted by Crippen LogP contribution is -2.22. The van der Waals surface area contributed by atoms with Gasteiger partial charge in [0.15, 0.2) is 0 Å². The van der Waals surface area contributed by atoms with E-state index in [1.165, 1.54) is 24.0 Å². The molecule has 0 spiro atoms. The topological polar surface area (TPSA) is 29.9 Å². The highest BCUT2D eigenvalue weighted by Gasteiger charge is 2.21. The summed E-state index contributed by atoms with van der Waals surface area (Å²) in [5.41, 5.74) is 3.79. The van der Waals surface area contributed by atoms with Crippen molar-refractivity contribution in [2.75, 3.05) is 6.54 Å². The van der Waals surface area contributed by atoms with Gasteiger partial charge in [0, 0.05) is 18.8 Å². The molecule has 3 heteroatoms. The molecule has 3 rings (SSSR count). The van der Waals surface area contributed by atoms with E-state index in [9.17, 15) is 0 Å². The Morgan fingerprint density at radius 1 is 1.25 bits per heavy atom. The number of rotatable bonds is 6. The van der Waals surface area contributed by atoms with Crippen LogP contribution in [-0.4, -0.2) is 22.4 Å². The summed E-state index contributed by atoms with van der Waals surface area (Å²) in [5.74, 6) is 0.580. The summed E-state index contributed by atoms with van der Waals surface area (Å²) in [6, 6.07) is 11.8. The molecular weight excluding hydrogens is 246 g/mol. The van der Waals surface area contributed by atoms with Gasteiger partial charge in [-0.05, 0) is 42.9 Å². The summed E-state index contributed by atoms with van der Waals surface area (Å²) in [7, 11) is 0. The lowest BCUT2D eigenvalue weighted by Gasteiger charge is -2.13. The van der Waals surface area contributed by atoms with E-state index in [1.807, 2.05) is 23.9 Å². The summed E-state index contributed by atoms with van der Waals surface area (Å²) in [6.45, 7) is 6.25. The van der Waals surface area contributed by atoms with Gasteiger partial charge in [-0.1, -0.05) is 31.2 Å². The van der Waals surface area contributed by atoms with Crippen molar-refractivity contribution in [1.29, 1.82) is 0 Å². The fourth-order valence-electron chi connectivity index (χ4n) is 2.44. The predicted molar refractivity (Wildman–Crippen MR) is 81.9 cm³/mol. The van der Waals surface area contributed by atoms with E-state index in [2.05, 4.69) is 41.6 Å². The van der Waals surface area contributed by atoms with Crippen molar-refractivity contribution in [3.8, 4) is 0 Å². The van der Waals surface area contributed by atoms with Crippen LogP contribution in [0.4, 0.5) is 0 Å². The van der Waals surface area contributed by atoms with E-state index < -0.39 is 0 Å². The van der Waals surface area contributed by atoms with Crippen molar-refractivity contribution >= 4 is 0 Å². The summed E-state index contributed by atoms with van der Waals surface area (Å²) in [5, 5.41) is 8.02. The van der Waals surface area contributed by atoms with Crippen molar-refractivity contribution in [2.24, 2.45) is 0 Å². The third kappa shape index (κ3) is 3.48. The van der Waals surface area contributed by atoms with E-state index in [-0.39, 0.29) is 0 Å². The zero-order chi connectivity index (χ0) is 13.9. The molecule has 1 fully saturated rings.